The first-order valence-corrected chi connectivity index (χ1v) is 27.8. The van der Waals surface area contributed by atoms with E-state index in [0.717, 1.165) is 23.6 Å². The number of hydrogen-bond acceptors (Lipinski definition) is 9. The van der Waals surface area contributed by atoms with E-state index >= 15 is 0 Å². The van der Waals surface area contributed by atoms with Gasteiger partial charge >= 0.3 is 0 Å². The van der Waals surface area contributed by atoms with Crippen LogP contribution in [-0.4, -0.2) is 104 Å². The number of halogens is 2. The first-order chi connectivity index (χ1) is 38.9. The minimum absolute atomic E-state index is 0.0109. The Labute approximate surface area is 467 Å². The second-order valence-electron chi connectivity index (χ2n) is 21.7. The Bertz CT molecular complexity index is 3260. The lowest BCUT2D eigenvalue weighted by Crippen LogP contribution is -2.59. The van der Waals surface area contributed by atoms with Crippen LogP contribution in [-0.2, 0) is 46.0 Å². The van der Waals surface area contributed by atoms with Crippen molar-refractivity contribution >= 4 is 63.9 Å². The first kappa shape index (κ1) is 57.2. The Hall–Kier alpha value is -8.53. The number of carbonyl (C=O) groups excluding carboxylic acids is 9. The number of alkyl halides is 2. The van der Waals surface area contributed by atoms with E-state index in [1.165, 1.54) is 34.1 Å². The molecule has 0 aliphatic carbocycles. The third-order valence-corrected chi connectivity index (χ3v) is 16.0. The number of aromatic amines is 1. The smallest absolute Gasteiger partial charge is 0.270 e. The van der Waals surface area contributed by atoms with Crippen LogP contribution < -0.4 is 27.0 Å². The van der Waals surface area contributed by atoms with Crippen molar-refractivity contribution in [1.82, 2.24) is 36.1 Å². The third-order valence-electron chi connectivity index (χ3n) is 16.0. The van der Waals surface area contributed by atoms with E-state index in [1.54, 1.807) is 12.1 Å². The highest BCUT2D eigenvalue weighted by molar-refractivity contribution is 6.06. The molecule has 3 saturated heterocycles. The number of H-pyrrole nitrogens is 1. The number of hydrogen-bond donors (Lipinski definition) is 6. The summed E-state index contributed by atoms with van der Waals surface area (Å²) in [5.41, 5.74) is 9.48. The van der Waals surface area contributed by atoms with Crippen molar-refractivity contribution in [1.29, 1.82) is 0 Å². The highest BCUT2D eigenvalue weighted by Crippen LogP contribution is 2.35. The molecule has 0 radical (unpaired) electrons. The van der Waals surface area contributed by atoms with Gasteiger partial charge < -0.3 is 36.5 Å². The number of piperidine rings is 1. The van der Waals surface area contributed by atoms with Gasteiger partial charge in [0.05, 0.1) is 6.04 Å². The van der Waals surface area contributed by atoms with Crippen LogP contribution in [0.25, 0.3) is 10.9 Å². The van der Waals surface area contributed by atoms with Gasteiger partial charge in [-0.15, -0.1) is 0 Å². The Morgan fingerprint density at radius 3 is 2.26 bits per heavy atom. The summed E-state index contributed by atoms with van der Waals surface area (Å²) in [6, 6.07) is 24.6. The van der Waals surface area contributed by atoms with Gasteiger partial charge in [0.15, 0.2) is 5.78 Å². The minimum Gasteiger partial charge on any atom is -0.370 e. The number of nitrogens with one attached hydrogen (secondary N) is 5. The maximum absolute atomic E-state index is 14.9. The van der Waals surface area contributed by atoms with Crippen molar-refractivity contribution in [3.8, 4) is 11.8 Å². The average Bonchev–Trinajstić information content (AvgIpc) is 4.40. The lowest BCUT2D eigenvalue weighted by atomic mass is 9.85. The molecule has 19 heteroatoms. The van der Waals surface area contributed by atoms with E-state index in [-0.39, 0.29) is 98.6 Å². The van der Waals surface area contributed by atoms with E-state index in [9.17, 15) is 51.9 Å². The Morgan fingerprint density at radius 1 is 0.815 bits per heavy atom. The summed E-state index contributed by atoms with van der Waals surface area (Å²) in [6.45, 7) is 0.996. The van der Waals surface area contributed by atoms with Crippen molar-refractivity contribution in [2.24, 2.45) is 5.73 Å². The average molecular weight is 1110 g/mol. The largest absolute Gasteiger partial charge is 0.370 e. The lowest BCUT2D eigenvalue weighted by molar-refractivity contribution is -0.143. The molecule has 0 saturated carbocycles. The van der Waals surface area contributed by atoms with Crippen molar-refractivity contribution in [2.45, 2.75) is 158 Å². The fraction of sp³-hybridized carbons (Fsp3) is 0.403. The third kappa shape index (κ3) is 13.7. The van der Waals surface area contributed by atoms with Gasteiger partial charge in [-0.25, -0.2) is 8.78 Å². The second-order valence-corrected chi connectivity index (χ2v) is 21.7. The van der Waals surface area contributed by atoms with Gasteiger partial charge in [0.25, 0.3) is 17.7 Å². The number of carbonyl (C=O) groups is 9. The zero-order chi connectivity index (χ0) is 57.4. The molecule has 5 heterocycles. The number of fused-ring (bicyclic) bond motifs is 3. The number of nitrogens with two attached hydrogens (primary N) is 1. The number of aromatic nitrogens is 1. The fourth-order valence-corrected chi connectivity index (χ4v) is 11.7. The molecule has 81 heavy (non-hydrogen) atoms. The van der Waals surface area contributed by atoms with Crippen LogP contribution in [0, 0.1) is 11.8 Å². The van der Waals surface area contributed by atoms with E-state index in [1.807, 2.05) is 66.7 Å². The van der Waals surface area contributed by atoms with Crippen LogP contribution in [0.1, 0.15) is 158 Å². The molecule has 4 aromatic carbocycles. The van der Waals surface area contributed by atoms with Crippen molar-refractivity contribution < 1.29 is 51.9 Å². The Balaban J connectivity index is 0.861. The molecule has 9 rings (SSSR count). The monoisotopic (exact) mass is 1100 g/mol. The molecular formula is C62H66F2N8O9. The van der Waals surface area contributed by atoms with E-state index in [0.29, 0.717) is 67.0 Å². The van der Waals surface area contributed by atoms with E-state index in [4.69, 9.17) is 5.73 Å². The standard InChI is InChI=1S/C62H66F2N8O9/c1-62(63,64)41-22-25-47-40(32-41)33-50(67-47)57(77)69-49-26-23-42(66-55(75)21-12-4-2-3-7-18-39-19-13-20-44-46(39)36-71(60(44)80)51-29-31-56(76)70-58(51)78)34-43-24-28-52(72(43)61(49)81)59(79)68-48(27-30-54(65)74)53(73)35-45(37-14-8-5-9-15-37)38-16-10-6-11-17-38/h5-6,8-11,13-17,19-20,22,25,32-33,42-43,45,48-49,51-52,67H,2-4,12,21,23-24,26-31,34-36H2,1H3,(H2,65,74)(H,66,75)(H,68,79)(H,69,77)(H,70,76,78)/t42-,43+,48-,49-,51?,52-/m0/s1. The molecule has 1 aromatic heterocycles. The van der Waals surface area contributed by atoms with Gasteiger partial charge in [-0.05, 0) is 105 Å². The minimum atomic E-state index is -3.12. The topological polar surface area (TPSA) is 250 Å². The molecule has 6 atom stereocenters. The fourth-order valence-electron chi connectivity index (χ4n) is 11.7. The molecule has 0 spiro atoms. The molecule has 17 nitrogen and oxygen atoms in total. The zero-order valence-corrected chi connectivity index (χ0v) is 45.1. The summed E-state index contributed by atoms with van der Waals surface area (Å²) in [5.74, 6) is -1.26. The first-order valence-electron chi connectivity index (χ1n) is 27.8. The van der Waals surface area contributed by atoms with Crippen LogP contribution in [0.3, 0.4) is 0 Å². The molecule has 422 valence electrons. The summed E-state index contributed by atoms with van der Waals surface area (Å²) in [5, 5.41) is 11.6. The number of primary amides is 1. The van der Waals surface area contributed by atoms with E-state index in [2.05, 4.69) is 38.1 Å². The van der Waals surface area contributed by atoms with Crippen molar-refractivity contribution in [3.05, 3.63) is 142 Å². The Morgan fingerprint density at radius 2 is 1.56 bits per heavy atom. The summed E-state index contributed by atoms with van der Waals surface area (Å²) in [6.07, 6.45) is 4.08. The molecule has 7 N–H and O–H groups in total. The molecular weight excluding hydrogens is 1040 g/mol. The summed E-state index contributed by atoms with van der Waals surface area (Å²) >= 11 is 0. The number of ketones is 1. The number of imide groups is 1. The lowest BCUT2D eigenvalue weighted by Gasteiger charge is -2.38. The van der Waals surface area contributed by atoms with Gasteiger partial charge in [-0.3, -0.25) is 48.5 Å². The van der Waals surface area contributed by atoms with Crippen molar-refractivity contribution in [3.63, 3.8) is 0 Å². The van der Waals surface area contributed by atoms with Crippen LogP contribution >= 0.6 is 0 Å². The summed E-state index contributed by atoms with van der Waals surface area (Å²) < 4.78 is 28.5. The maximum Gasteiger partial charge on any atom is 0.270 e. The zero-order valence-electron chi connectivity index (χ0n) is 45.1. The van der Waals surface area contributed by atoms with Gasteiger partial charge in [0, 0.05) is 91.2 Å². The highest BCUT2D eigenvalue weighted by Gasteiger charge is 2.47. The molecule has 0 bridgehead atoms. The van der Waals surface area contributed by atoms with Gasteiger partial charge in [0.2, 0.25) is 35.4 Å². The number of amides is 8. The molecule has 4 aliphatic rings. The van der Waals surface area contributed by atoms with Crippen LogP contribution in [0.5, 0.6) is 0 Å². The SMILES string of the molecule is CC(F)(F)c1ccc2[nH]c(C(=O)N[C@H]3CC[C@H](NC(=O)CCCCCC#Cc4cccc5c4CN(C4CCC(=O)NC4=O)C5=O)C[C@H]4CC[C@@H](C(=O)N[C@@H](CCC(N)=O)C(=O)CC(c5ccccc5)c5ccccc5)N4C3=O)cc2c1. The van der Waals surface area contributed by atoms with Crippen LogP contribution in [0.4, 0.5) is 8.78 Å². The predicted molar refractivity (Wildman–Crippen MR) is 296 cm³/mol. The molecule has 4 aliphatic heterocycles. The number of Topliss-reactive ketones (excluding diaryl/α,β-unsaturated/α-hetero) is 1. The highest BCUT2D eigenvalue weighted by atomic mass is 19.3. The van der Waals surface area contributed by atoms with Gasteiger partial charge in [-0.2, -0.15) is 0 Å². The van der Waals surface area contributed by atoms with Gasteiger partial charge in [0.1, 0.15) is 23.8 Å². The molecule has 5 aromatic rings. The second kappa shape index (κ2) is 25.3. The summed E-state index contributed by atoms with van der Waals surface area (Å²) in [4.78, 5) is 127. The predicted octanol–water partition coefficient (Wildman–Crippen LogP) is 6.71. The van der Waals surface area contributed by atoms with E-state index < -0.39 is 71.7 Å². The number of nitrogens with zero attached hydrogens (tertiary/aromatic N) is 2. The Kier molecular flexibility index (Phi) is 17.8. The van der Waals surface area contributed by atoms with Crippen LogP contribution in [0.15, 0.2) is 103 Å². The van der Waals surface area contributed by atoms with Crippen LogP contribution in [0.2, 0.25) is 0 Å². The van der Waals surface area contributed by atoms with Crippen molar-refractivity contribution in [2.75, 3.05) is 0 Å². The molecule has 8 amide bonds. The van der Waals surface area contributed by atoms with Gasteiger partial charge in [-0.1, -0.05) is 91.1 Å². The summed E-state index contributed by atoms with van der Waals surface area (Å²) in [7, 11) is 0. The quantitative estimate of drug-likeness (QED) is 0.0275. The molecule has 1 unspecified atom stereocenters. The normalized spacial score (nSPS) is 20.3. The number of unbranched alkanes of at least 4 members (excludes halogenated alkanes) is 3. The number of benzene rings is 4. The number of rotatable bonds is 20. The maximum atomic E-state index is 14.9. The molecule has 3 fully saturated rings.